The summed E-state index contributed by atoms with van der Waals surface area (Å²) in [5, 5.41) is 61.3. The van der Waals surface area contributed by atoms with Gasteiger partial charge in [0.1, 0.15) is 35.8 Å². The molecule has 13 atom stereocenters. The maximum atomic E-state index is 14.5. The number of amides is 4. The normalized spacial score (nSPS) is 28.2. The molecule has 4 amide bonds. The summed E-state index contributed by atoms with van der Waals surface area (Å²) in [5.41, 5.74) is 5.49. The molecule has 12 unspecified atom stereocenters. The van der Waals surface area contributed by atoms with Gasteiger partial charge in [-0.3, -0.25) is 29.0 Å². The standard InChI is InChI=1S/C59H91N5O11.CH4O/c1-10-44-26-30-48(60-55(44)70)41(8)33-37(4)22-31-51(68)38(5)23-27-45(66)28-24-39(6)52-21-14-12-11-13-17-40(7)54(69)47(29-25-42(9)65)56(71)62-53(36(2)3)57(72)61-50(35-43-18-15-19-46(67)34-43)58(73)64-32-16-20-49(63-64)59(74)75-52;1-2/h11-15,18-19,24,33-34,36-38,40,44-45,47-54,63,66-69H,10,16-17,20-23,25-32,35H2,1-9H3,(H,60,70)(H,61,72)(H,62,71);2H,1H3/b13-11+,14-12+,39-24+,41-33-;/t37?,38?,40?,44?,45?,47?,48?,49?,50?,51?,52-,53?,54?;/m0./s1. The number of cyclic esters (lactones) is 1. The zero-order valence-electron chi connectivity index (χ0n) is 47.7. The number of aliphatic hydroxyl groups excluding tert-OH is 4. The van der Waals surface area contributed by atoms with Gasteiger partial charge in [0.2, 0.25) is 17.7 Å². The van der Waals surface area contributed by atoms with Crippen molar-refractivity contribution in [2.24, 2.45) is 35.5 Å². The monoisotopic (exact) mass is 1080 g/mol. The second kappa shape index (κ2) is 33.9. The number of ketones is 1. The molecule has 9 N–H and O–H groups in total. The first-order valence-corrected chi connectivity index (χ1v) is 28.2. The number of allylic oxidation sites excluding steroid dienone is 4. The molecule has 2 fully saturated rings. The Labute approximate surface area is 458 Å². The number of carbonyl (C=O) groups is 6. The highest BCUT2D eigenvalue weighted by Gasteiger charge is 2.38. The third kappa shape index (κ3) is 22.2. The van der Waals surface area contributed by atoms with Crippen LogP contribution in [-0.2, 0) is 39.9 Å². The smallest absolute Gasteiger partial charge is 0.325 e. The summed E-state index contributed by atoms with van der Waals surface area (Å²) in [6, 6.07) is 3.15. The van der Waals surface area contributed by atoms with Crippen molar-refractivity contribution in [2.75, 3.05) is 13.7 Å². The van der Waals surface area contributed by atoms with Crippen LogP contribution in [0, 0.1) is 35.5 Å². The molecule has 0 aromatic heterocycles. The molecule has 1 aromatic carbocycles. The van der Waals surface area contributed by atoms with E-state index in [0.717, 1.165) is 43.9 Å². The van der Waals surface area contributed by atoms with Crippen molar-refractivity contribution in [3.05, 3.63) is 77.4 Å². The molecule has 0 aliphatic carbocycles. The van der Waals surface area contributed by atoms with Gasteiger partial charge in [-0.2, -0.15) is 0 Å². The van der Waals surface area contributed by atoms with E-state index in [2.05, 4.69) is 41.3 Å². The second-order valence-electron chi connectivity index (χ2n) is 22.2. The van der Waals surface area contributed by atoms with Crippen LogP contribution >= 0.6 is 0 Å². The van der Waals surface area contributed by atoms with Crippen molar-refractivity contribution >= 4 is 35.4 Å². The van der Waals surface area contributed by atoms with Crippen molar-refractivity contribution in [3.8, 4) is 5.75 Å². The Hall–Kier alpha value is -5.20. The van der Waals surface area contributed by atoms with Crippen LogP contribution in [0.25, 0.3) is 0 Å². The van der Waals surface area contributed by atoms with Crippen LogP contribution in [0.3, 0.4) is 0 Å². The number of fused-ring (bicyclic) bond motifs is 2. The lowest BCUT2D eigenvalue weighted by molar-refractivity contribution is -0.156. The van der Waals surface area contributed by atoms with Gasteiger partial charge in [-0.15, -0.1) is 0 Å². The van der Waals surface area contributed by atoms with Gasteiger partial charge in [-0.05, 0) is 145 Å². The number of nitrogens with one attached hydrogen (secondary N) is 4. The number of benzene rings is 1. The highest BCUT2D eigenvalue weighted by atomic mass is 16.5. The van der Waals surface area contributed by atoms with Gasteiger partial charge in [0.05, 0.1) is 24.2 Å². The average Bonchev–Trinajstić information content (AvgIpc) is 3.40. The topological polar surface area (TPSA) is 264 Å². The fourth-order valence-corrected chi connectivity index (χ4v) is 10.2. The Morgan fingerprint density at radius 3 is 2.21 bits per heavy atom. The minimum absolute atomic E-state index is 0.0275. The first kappa shape index (κ1) is 66.1. The van der Waals surface area contributed by atoms with E-state index in [1.54, 1.807) is 32.9 Å². The number of rotatable bonds is 19. The molecule has 4 rings (SSSR count). The molecule has 432 valence electrons. The first-order valence-electron chi connectivity index (χ1n) is 28.2. The molecule has 17 nitrogen and oxygen atoms in total. The summed E-state index contributed by atoms with van der Waals surface area (Å²) in [7, 11) is 1.00. The molecular weight excluding hydrogens is 983 g/mol. The molecular formula is C60H95N5O12. The van der Waals surface area contributed by atoms with E-state index < -0.39 is 84.0 Å². The van der Waals surface area contributed by atoms with Crippen molar-refractivity contribution in [1.82, 2.24) is 26.4 Å². The molecule has 3 heterocycles. The zero-order valence-corrected chi connectivity index (χ0v) is 47.7. The number of phenols is 1. The van der Waals surface area contributed by atoms with Gasteiger partial charge in [-0.1, -0.05) is 95.7 Å². The van der Waals surface area contributed by atoms with Crippen LogP contribution in [0.15, 0.2) is 71.9 Å². The van der Waals surface area contributed by atoms with E-state index in [9.17, 15) is 49.2 Å². The molecule has 3 aliphatic heterocycles. The molecule has 3 aliphatic rings. The molecule has 2 bridgehead atoms. The van der Waals surface area contributed by atoms with Crippen LogP contribution in [0.5, 0.6) is 5.75 Å². The SMILES string of the molecule is CCC1CCC(/C(C)=C\C(C)CCC(O)C(C)CCC(O)C/C=C(\C)[C@@H]2C/C=C/C=C/CC(C)C(O)C(CCC(C)=O)C(=O)NC(C(C)C)C(=O)NC(Cc3cccc(O)c3)C(=O)N3CCCC(N3)C(=O)O2)NC1=O.CO. The maximum Gasteiger partial charge on any atom is 0.325 e. The largest absolute Gasteiger partial charge is 0.508 e. The predicted molar refractivity (Wildman–Crippen MR) is 298 cm³/mol. The summed E-state index contributed by atoms with van der Waals surface area (Å²) >= 11 is 0. The Morgan fingerprint density at radius 1 is 0.857 bits per heavy atom. The number of aromatic hydroxyl groups is 1. The van der Waals surface area contributed by atoms with Crippen LogP contribution < -0.4 is 21.4 Å². The fraction of sp³-hybridized carbons (Fsp3) is 0.667. The number of phenolic OH excluding ortho intramolecular Hbond substituents is 1. The molecule has 2 saturated heterocycles. The number of nitrogens with zero attached hydrogens (tertiary/aromatic N) is 1. The number of aliphatic hydroxyl groups is 4. The number of ether oxygens (including phenoxy) is 1. The van der Waals surface area contributed by atoms with Gasteiger partial charge >= 0.3 is 5.97 Å². The molecule has 0 radical (unpaired) electrons. The fourth-order valence-electron chi connectivity index (χ4n) is 10.2. The molecule has 17 heteroatoms. The third-order valence-corrected chi connectivity index (χ3v) is 15.4. The molecule has 77 heavy (non-hydrogen) atoms. The average molecular weight is 1080 g/mol. The minimum Gasteiger partial charge on any atom is -0.508 e. The molecule has 1 aromatic rings. The summed E-state index contributed by atoms with van der Waals surface area (Å²) in [5.74, 6) is -4.00. The number of Topliss-reactive ketones (excluding diaryl/α,β-unsaturated/α-hetero) is 1. The Balaban J connectivity index is 0.00000771. The van der Waals surface area contributed by atoms with Crippen molar-refractivity contribution in [2.45, 2.75) is 207 Å². The van der Waals surface area contributed by atoms with E-state index in [-0.39, 0.29) is 73.5 Å². The van der Waals surface area contributed by atoms with Crippen molar-refractivity contribution in [3.63, 3.8) is 0 Å². The van der Waals surface area contributed by atoms with Gasteiger partial charge in [0.15, 0.2) is 0 Å². The van der Waals surface area contributed by atoms with E-state index >= 15 is 0 Å². The first-order chi connectivity index (χ1) is 36.6. The molecule has 0 spiro atoms. The Kier molecular flexibility index (Phi) is 29.1. The van der Waals surface area contributed by atoms with Crippen molar-refractivity contribution < 1.29 is 59.0 Å². The number of carbonyl (C=O) groups excluding carboxylic acids is 6. The highest BCUT2D eigenvalue weighted by Crippen LogP contribution is 2.27. The van der Waals surface area contributed by atoms with Crippen LogP contribution in [0.4, 0.5) is 0 Å². The van der Waals surface area contributed by atoms with Gasteiger partial charge in [-0.25, -0.2) is 5.43 Å². The number of esters is 1. The summed E-state index contributed by atoms with van der Waals surface area (Å²) < 4.78 is 6.20. The Morgan fingerprint density at radius 2 is 1.56 bits per heavy atom. The summed E-state index contributed by atoms with van der Waals surface area (Å²) in [6.07, 6.45) is 15.3. The minimum atomic E-state index is -1.20. The maximum absolute atomic E-state index is 14.5. The van der Waals surface area contributed by atoms with Crippen LogP contribution in [0.1, 0.15) is 158 Å². The zero-order chi connectivity index (χ0) is 57.4. The summed E-state index contributed by atoms with van der Waals surface area (Å²) in [4.78, 5) is 81.3. The van der Waals surface area contributed by atoms with E-state index in [1.165, 1.54) is 24.1 Å². The highest BCUT2D eigenvalue weighted by molar-refractivity contribution is 5.93. The number of hydrazine groups is 1. The van der Waals surface area contributed by atoms with Gasteiger partial charge < -0.3 is 51.0 Å². The number of hydrogen-bond acceptors (Lipinski definition) is 13. The number of piperidine rings is 1. The van der Waals surface area contributed by atoms with Crippen LogP contribution in [-0.4, -0.2) is 128 Å². The third-order valence-electron chi connectivity index (χ3n) is 15.4. The van der Waals surface area contributed by atoms with Crippen LogP contribution in [0.2, 0.25) is 0 Å². The van der Waals surface area contributed by atoms with E-state index in [4.69, 9.17) is 9.84 Å². The summed E-state index contributed by atoms with van der Waals surface area (Å²) in [6.45, 7) is 17.0. The van der Waals surface area contributed by atoms with E-state index in [0.29, 0.717) is 50.5 Å². The van der Waals surface area contributed by atoms with E-state index in [1.807, 2.05) is 51.2 Å². The van der Waals surface area contributed by atoms with Crippen molar-refractivity contribution in [1.29, 1.82) is 0 Å². The predicted octanol–water partition coefficient (Wildman–Crippen LogP) is 6.61. The van der Waals surface area contributed by atoms with Gasteiger partial charge in [0, 0.05) is 44.9 Å². The quantitative estimate of drug-likeness (QED) is 0.0523. The second-order valence-corrected chi connectivity index (χ2v) is 22.2. The lowest BCUT2D eigenvalue weighted by Gasteiger charge is -2.36. The lowest BCUT2D eigenvalue weighted by atomic mass is 9.85. The lowest BCUT2D eigenvalue weighted by Crippen LogP contribution is -2.62. The molecule has 0 saturated carbocycles. The number of hydrogen-bond donors (Lipinski definition) is 9. The Bertz CT molecular complexity index is 2180. The van der Waals surface area contributed by atoms with Gasteiger partial charge in [0.25, 0.3) is 5.91 Å².